The lowest BCUT2D eigenvalue weighted by atomic mass is 10.0. The first kappa shape index (κ1) is 24.8. The number of aliphatic carboxylic acids is 1. The number of carbonyl (C=O) groups is 2. The number of halogens is 3. The maximum Gasteiger partial charge on any atom is 0.490 e. The van der Waals surface area contributed by atoms with Crippen LogP contribution in [0.15, 0.2) is 72.8 Å². The van der Waals surface area contributed by atoms with E-state index >= 15 is 0 Å². The van der Waals surface area contributed by atoms with Crippen LogP contribution in [0, 0.1) is 0 Å². The van der Waals surface area contributed by atoms with Gasteiger partial charge in [0, 0.05) is 11.4 Å². The van der Waals surface area contributed by atoms with Crippen LogP contribution in [0.25, 0.3) is 11.1 Å². The van der Waals surface area contributed by atoms with Crippen LogP contribution in [0.3, 0.4) is 0 Å². The van der Waals surface area contributed by atoms with Crippen LogP contribution in [0.2, 0.25) is 0 Å². The standard InChI is InChI=1S/C23H23N3O.C2HF3O2/c27-23(26-22-11-8-19-12-14-24-15-13-20(19)16-22)25-21-9-6-18(7-10-21)17-4-2-1-3-5-17;3-2(4,5)1(6)7/h1-11,16,24H,12-15H2,(H2,25,26,27);(H,6,7). The number of rotatable bonds is 3. The molecule has 0 spiro atoms. The second kappa shape index (κ2) is 11.3. The van der Waals surface area contributed by atoms with Crippen LogP contribution in [-0.2, 0) is 17.6 Å². The first-order valence-corrected chi connectivity index (χ1v) is 10.6. The van der Waals surface area contributed by atoms with Gasteiger partial charge >= 0.3 is 18.2 Å². The molecule has 4 rings (SSSR count). The van der Waals surface area contributed by atoms with E-state index in [2.05, 4.69) is 40.2 Å². The lowest BCUT2D eigenvalue weighted by Gasteiger charge is -2.11. The number of hydrogen-bond donors (Lipinski definition) is 4. The van der Waals surface area contributed by atoms with Gasteiger partial charge in [-0.1, -0.05) is 48.5 Å². The summed E-state index contributed by atoms with van der Waals surface area (Å²) in [5.74, 6) is -2.76. The number of alkyl halides is 3. The minimum absolute atomic E-state index is 0.228. The van der Waals surface area contributed by atoms with E-state index in [1.807, 2.05) is 48.5 Å². The maximum atomic E-state index is 12.3. The molecule has 4 N–H and O–H groups in total. The Balaban J connectivity index is 0.000000406. The number of benzene rings is 3. The van der Waals surface area contributed by atoms with Crippen molar-refractivity contribution in [2.24, 2.45) is 0 Å². The molecule has 0 unspecified atom stereocenters. The van der Waals surface area contributed by atoms with Gasteiger partial charge in [0.2, 0.25) is 0 Å². The summed E-state index contributed by atoms with van der Waals surface area (Å²) in [5, 5.41) is 16.4. The Bertz CT molecular complexity index is 1120. The van der Waals surface area contributed by atoms with Gasteiger partial charge in [0.05, 0.1) is 0 Å². The molecule has 0 radical (unpaired) electrons. The largest absolute Gasteiger partial charge is 0.490 e. The van der Waals surface area contributed by atoms with Gasteiger partial charge in [0.1, 0.15) is 0 Å². The van der Waals surface area contributed by atoms with Gasteiger partial charge in [-0.15, -0.1) is 0 Å². The molecule has 0 aromatic heterocycles. The quantitative estimate of drug-likeness (QED) is 0.416. The van der Waals surface area contributed by atoms with Gasteiger partial charge in [0.15, 0.2) is 0 Å². The summed E-state index contributed by atoms with van der Waals surface area (Å²) in [6.45, 7) is 2.00. The second-order valence-corrected chi connectivity index (χ2v) is 7.56. The number of fused-ring (bicyclic) bond motifs is 1. The Morgan fingerprint density at radius 3 is 1.91 bits per heavy atom. The topological polar surface area (TPSA) is 90.5 Å². The van der Waals surface area contributed by atoms with Crippen LogP contribution in [0.1, 0.15) is 11.1 Å². The van der Waals surface area contributed by atoms with Gasteiger partial charge in [-0.3, -0.25) is 0 Å². The molecule has 1 aliphatic rings. The van der Waals surface area contributed by atoms with Crippen molar-refractivity contribution in [3.8, 4) is 11.1 Å². The average Bonchev–Trinajstić information content (AvgIpc) is 3.05. The van der Waals surface area contributed by atoms with Gasteiger partial charge in [-0.25, -0.2) is 9.59 Å². The maximum absolute atomic E-state index is 12.3. The lowest BCUT2D eigenvalue weighted by Crippen LogP contribution is -2.21. The van der Waals surface area contributed by atoms with E-state index in [0.29, 0.717) is 0 Å². The molecular formula is C25H24F3N3O3. The average molecular weight is 471 g/mol. The van der Waals surface area contributed by atoms with Crippen molar-refractivity contribution in [2.75, 3.05) is 23.7 Å². The molecule has 0 saturated heterocycles. The van der Waals surface area contributed by atoms with Crippen molar-refractivity contribution in [2.45, 2.75) is 19.0 Å². The normalized spacial score (nSPS) is 12.9. The minimum Gasteiger partial charge on any atom is -0.475 e. The molecule has 0 aliphatic carbocycles. The van der Waals surface area contributed by atoms with Crippen LogP contribution in [0.4, 0.5) is 29.3 Å². The van der Waals surface area contributed by atoms with Crippen molar-refractivity contribution >= 4 is 23.4 Å². The second-order valence-electron chi connectivity index (χ2n) is 7.56. The van der Waals surface area contributed by atoms with Crippen molar-refractivity contribution in [3.05, 3.63) is 83.9 Å². The number of amides is 2. The van der Waals surface area contributed by atoms with E-state index in [4.69, 9.17) is 9.90 Å². The van der Waals surface area contributed by atoms with Gasteiger partial charge < -0.3 is 21.1 Å². The fraction of sp³-hybridized carbons (Fsp3) is 0.200. The Hall–Kier alpha value is -3.85. The summed E-state index contributed by atoms with van der Waals surface area (Å²) >= 11 is 0. The van der Waals surface area contributed by atoms with Crippen LogP contribution in [-0.4, -0.2) is 36.4 Å². The molecule has 0 bridgehead atoms. The molecule has 3 aromatic carbocycles. The highest BCUT2D eigenvalue weighted by Crippen LogP contribution is 2.22. The lowest BCUT2D eigenvalue weighted by molar-refractivity contribution is -0.192. The zero-order valence-electron chi connectivity index (χ0n) is 18.2. The van der Waals surface area contributed by atoms with Crippen molar-refractivity contribution in [1.82, 2.24) is 5.32 Å². The SMILES string of the molecule is O=C(Nc1ccc(-c2ccccc2)cc1)Nc1ccc2c(c1)CCNCC2.O=C(O)C(F)(F)F. The Kier molecular flexibility index (Phi) is 8.26. The highest BCUT2D eigenvalue weighted by atomic mass is 19.4. The monoisotopic (exact) mass is 471 g/mol. The molecule has 0 saturated carbocycles. The molecular weight excluding hydrogens is 447 g/mol. The number of nitrogens with one attached hydrogen (secondary N) is 3. The van der Waals surface area contributed by atoms with E-state index in [9.17, 15) is 18.0 Å². The zero-order valence-corrected chi connectivity index (χ0v) is 18.2. The van der Waals surface area contributed by atoms with Crippen LogP contribution in [0.5, 0.6) is 0 Å². The fourth-order valence-electron chi connectivity index (χ4n) is 3.42. The van der Waals surface area contributed by atoms with E-state index < -0.39 is 12.1 Å². The minimum atomic E-state index is -5.08. The molecule has 9 heteroatoms. The number of anilines is 2. The number of carboxylic acids is 1. The predicted molar refractivity (Wildman–Crippen MR) is 125 cm³/mol. The van der Waals surface area contributed by atoms with Crippen molar-refractivity contribution in [1.29, 1.82) is 0 Å². The van der Waals surface area contributed by atoms with Gasteiger partial charge in [0.25, 0.3) is 0 Å². The molecule has 0 fully saturated rings. The first-order chi connectivity index (χ1) is 16.2. The smallest absolute Gasteiger partial charge is 0.475 e. The predicted octanol–water partition coefficient (Wildman–Crippen LogP) is 5.32. The number of hydrogen-bond acceptors (Lipinski definition) is 3. The molecule has 1 heterocycles. The van der Waals surface area contributed by atoms with Crippen LogP contribution < -0.4 is 16.0 Å². The summed E-state index contributed by atoms with van der Waals surface area (Å²) in [5.41, 5.74) is 6.56. The number of urea groups is 1. The molecule has 2 amide bonds. The summed E-state index contributed by atoms with van der Waals surface area (Å²) < 4.78 is 31.7. The third-order valence-electron chi connectivity index (χ3n) is 5.10. The summed E-state index contributed by atoms with van der Waals surface area (Å²) in [4.78, 5) is 21.2. The molecule has 1 aliphatic heterocycles. The van der Waals surface area contributed by atoms with Crippen molar-refractivity contribution in [3.63, 3.8) is 0 Å². The first-order valence-electron chi connectivity index (χ1n) is 10.6. The Labute approximate surface area is 194 Å². The highest BCUT2D eigenvalue weighted by molar-refractivity contribution is 6.00. The molecule has 178 valence electrons. The van der Waals surface area contributed by atoms with E-state index in [1.165, 1.54) is 11.1 Å². The van der Waals surface area contributed by atoms with E-state index in [-0.39, 0.29) is 6.03 Å². The highest BCUT2D eigenvalue weighted by Gasteiger charge is 2.38. The van der Waals surface area contributed by atoms with Crippen molar-refractivity contribution < 1.29 is 27.9 Å². The van der Waals surface area contributed by atoms with Gasteiger partial charge in [-0.2, -0.15) is 13.2 Å². The summed E-state index contributed by atoms with van der Waals surface area (Å²) in [6, 6.07) is 24.0. The molecule has 6 nitrogen and oxygen atoms in total. The number of carbonyl (C=O) groups excluding carboxylic acids is 1. The molecule has 3 aromatic rings. The third kappa shape index (κ3) is 7.35. The van der Waals surface area contributed by atoms with Gasteiger partial charge in [-0.05, 0) is 72.5 Å². The molecule has 34 heavy (non-hydrogen) atoms. The zero-order chi connectivity index (χ0) is 24.6. The van der Waals surface area contributed by atoms with E-state index in [0.717, 1.165) is 48.4 Å². The Morgan fingerprint density at radius 1 is 0.765 bits per heavy atom. The molecule has 0 atom stereocenters. The number of carboxylic acid groups (broad SMARTS) is 1. The third-order valence-corrected chi connectivity index (χ3v) is 5.10. The van der Waals surface area contributed by atoms with E-state index in [1.54, 1.807) is 0 Å². The Morgan fingerprint density at radius 2 is 1.29 bits per heavy atom. The fourth-order valence-corrected chi connectivity index (χ4v) is 3.42. The van der Waals surface area contributed by atoms with Crippen LogP contribution >= 0.6 is 0 Å². The summed E-state index contributed by atoms with van der Waals surface area (Å²) in [7, 11) is 0. The summed E-state index contributed by atoms with van der Waals surface area (Å²) in [6.07, 6.45) is -3.05.